The van der Waals surface area contributed by atoms with E-state index in [1.807, 2.05) is 41.3 Å². The molecule has 0 radical (unpaired) electrons. The Morgan fingerprint density at radius 1 is 1.07 bits per heavy atom. The molecular formula is C22H20F2N4O. The Morgan fingerprint density at radius 3 is 2.69 bits per heavy atom. The molecule has 0 aliphatic carbocycles. The third kappa shape index (κ3) is 4.39. The predicted molar refractivity (Wildman–Crippen MR) is 107 cm³/mol. The summed E-state index contributed by atoms with van der Waals surface area (Å²) in [5.74, 6) is -1.30. The molecule has 3 aromatic rings. The molecule has 2 aromatic carbocycles. The minimum atomic E-state index is -0.783. The monoisotopic (exact) mass is 394 g/mol. The molecule has 1 saturated heterocycles. The Kier molecular flexibility index (Phi) is 5.46. The van der Waals surface area contributed by atoms with Crippen LogP contribution < -0.4 is 10.2 Å². The maximum atomic E-state index is 13.8. The third-order valence-corrected chi connectivity index (χ3v) is 5.03. The van der Waals surface area contributed by atoms with Crippen molar-refractivity contribution in [3.05, 3.63) is 72.6 Å². The number of nitrogens with zero attached hydrogens (tertiary/aromatic N) is 3. The van der Waals surface area contributed by atoms with Crippen molar-refractivity contribution in [3.63, 3.8) is 0 Å². The van der Waals surface area contributed by atoms with Gasteiger partial charge in [-0.2, -0.15) is 0 Å². The van der Waals surface area contributed by atoms with Crippen LogP contribution in [0.1, 0.15) is 12.8 Å². The molecule has 1 fully saturated rings. The summed E-state index contributed by atoms with van der Waals surface area (Å²) in [6.45, 7) is 1.25. The minimum absolute atomic E-state index is 0.0121. The Morgan fingerprint density at radius 2 is 1.90 bits per heavy atom. The fourth-order valence-corrected chi connectivity index (χ4v) is 3.51. The van der Waals surface area contributed by atoms with Crippen LogP contribution in [-0.4, -0.2) is 29.0 Å². The molecule has 0 spiro atoms. The van der Waals surface area contributed by atoms with Gasteiger partial charge in [-0.15, -0.1) is 0 Å². The Hall–Kier alpha value is -3.35. The van der Waals surface area contributed by atoms with Gasteiger partial charge in [-0.25, -0.2) is 18.7 Å². The van der Waals surface area contributed by atoms with Crippen LogP contribution >= 0.6 is 0 Å². The predicted octanol–water partition coefficient (Wildman–Crippen LogP) is 4.28. The zero-order valence-corrected chi connectivity index (χ0v) is 15.7. The van der Waals surface area contributed by atoms with E-state index in [-0.39, 0.29) is 17.5 Å². The fraction of sp³-hybridized carbons (Fsp3) is 0.227. The number of amides is 1. The number of anilines is 2. The lowest BCUT2D eigenvalue weighted by atomic mass is 9.97. The second kappa shape index (κ2) is 8.34. The lowest BCUT2D eigenvalue weighted by Gasteiger charge is -2.33. The second-order valence-corrected chi connectivity index (χ2v) is 7.03. The van der Waals surface area contributed by atoms with Crippen LogP contribution in [0, 0.1) is 17.6 Å². The summed E-state index contributed by atoms with van der Waals surface area (Å²) < 4.78 is 26.9. The van der Waals surface area contributed by atoms with Crippen LogP contribution in [0.25, 0.3) is 11.3 Å². The van der Waals surface area contributed by atoms with E-state index in [4.69, 9.17) is 0 Å². The van der Waals surface area contributed by atoms with Crippen LogP contribution in [0.3, 0.4) is 0 Å². The number of carbonyl (C=O) groups excluding carboxylic acids is 1. The van der Waals surface area contributed by atoms with E-state index in [0.29, 0.717) is 13.0 Å². The summed E-state index contributed by atoms with van der Waals surface area (Å²) in [4.78, 5) is 23.4. The maximum absolute atomic E-state index is 13.8. The molecule has 0 bridgehead atoms. The topological polar surface area (TPSA) is 58.1 Å². The van der Waals surface area contributed by atoms with Crippen LogP contribution in [0.2, 0.25) is 0 Å². The molecule has 1 N–H and O–H groups in total. The molecule has 0 saturated carbocycles. The van der Waals surface area contributed by atoms with Crippen molar-refractivity contribution < 1.29 is 13.6 Å². The zero-order chi connectivity index (χ0) is 20.2. The van der Waals surface area contributed by atoms with Gasteiger partial charge in [0.15, 0.2) is 0 Å². The smallest absolute Gasteiger partial charge is 0.229 e. The Labute approximate surface area is 167 Å². The number of aromatic nitrogens is 2. The van der Waals surface area contributed by atoms with Crippen molar-refractivity contribution in [2.24, 2.45) is 5.92 Å². The lowest BCUT2D eigenvalue weighted by molar-refractivity contribution is -0.120. The lowest BCUT2D eigenvalue weighted by Crippen LogP contribution is -2.41. The molecule has 1 aliphatic heterocycles. The number of nitrogens with one attached hydrogen (secondary N) is 1. The largest absolute Gasteiger partial charge is 0.356 e. The van der Waals surface area contributed by atoms with Crippen LogP contribution in [0.5, 0.6) is 0 Å². The second-order valence-electron chi connectivity index (χ2n) is 7.03. The summed E-state index contributed by atoms with van der Waals surface area (Å²) in [6.07, 6.45) is 3.03. The molecule has 1 atom stereocenters. The number of piperidine rings is 1. The maximum Gasteiger partial charge on any atom is 0.229 e. The molecule has 4 rings (SSSR count). The first-order chi connectivity index (χ1) is 14.1. The van der Waals surface area contributed by atoms with Gasteiger partial charge in [-0.05, 0) is 25.0 Å². The zero-order valence-electron chi connectivity index (χ0n) is 15.7. The summed E-state index contributed by atoms with van der Waals surface area (Å²) in [5, 5.41) is 2.58. The van der Waals surface area contributed by atoms with E-state index in [1.54, 1.807) is 0 Å². The van der Waals surface area contributed by atoms with Gasteiger partial charge in [-0.1, -0.05) is 30.3 Å². The molecule has 148 valence electrons. The normalized spacial score (nSPS) is 16.5. The van der Waals surface area contributed by atoms with Crippen molar-refractivity contribution in [1.82, 2.24) is 9.97 Å². The molecule has 29 heavy (non-hydrogen) atoms. The van der Waals surface area contributed by atoms with Crippen molar-refractivity contribution in [2.75, 3.05) is 23.3 Å². The Balaban J connectivity index is 1.48. The van der Waals surface area contributed by atoms with E-state index in [1.165, 1.54) is 12.4 Å². The summed E-state index contributed by atoms with van der Waals surface area (Å²) in [7, 11) is 0. The van der Waals surface area contributed by atoms with Crippen molar-refractivity contribution in [1.29, 1.82) is 0 Å². The van der Waals surface area contributed by atoms with E-state index >= 15 is 0 Å². The van der Waals surface area contributed by atoms with Crippen LogP contribution in [0.15, 0.2) is 60.9 Å². The van der Waals surface area contributed by atoms with Crippen LogP contribution in [0.4, 0.5) is 20.3 Å². The molecule has 2 heterocycles. The average molecular weight is 394 g/mol. The molecule has 5 nitrogen and oxygen atoms in total. The van der Waals surface area contributed by atoms with E-state index in [9.17, 15) is 13.6 Å². The number of hydrogen-bond acceptors (Lipinski definition) is 4. The molecule has 1 amide bonds. The first kappa shape index (κ1) is 19.0. The van der Waals surface area contributed by atoms with E-state index < -0.39 is 11.6 Å². The quantitative estimate of drug-likeness (QED) is 0.718. The van der Waals surface area contributed by atoms with Crippen molar-refractivity contribution in [3.8, 4) is 11.3 Å². The van der Waals surface area contributed by atoms with Gasteiger partial charge in [0.2, 0.25) is 5.91 Å². The number of hydrogen-bond donors (Lipinski definition) is 1. The first-order valence-electron chi connectivity index (χ1n) is 9.48. The van der Waals surface area contributed by atoms with Crippen LogP contribution in [-0.2, 0) is 4.79 Å². The summed E-state index contributed by atoms with van der Waals surface area (Å²) >= 11 is 0. The van der Waals surface area contributed by atoms with Gasteiger partial charge >= 0.3 is 0 Å². The highest BCUT2D eigenvalue weighted by atomic mass is 19.1. The highest BCUT2D eigenvalue weighted by molar-refractivity contribution is 5.93. The minimum Gasteiger partial charge on any atom is -0.356 e. The number of carbonyl (C=O) groups is 1. The average Bonchev–Trinajstić information content (AvgIpc) is 2.76. The van der Waals surface area contributed by atoms with Crippen molar-refractivity contribution >= 4 is 17.4 Å². The number of halogens is 2. The number of rotatable bonds is 4. The fourth-order valence-electron chi connectivity index (χ4n) is 3.51. The van der Waals surface area contributed by atoms with Gasteiger partial charge in [0.1, 0.15) is 23.8 Å². The molecular weight excluding hydrogens is 374 g/mol. The molecule has 7 heteroatoms. The number of benzene rings is 2. The molecule has 1 unspecified atom stereocenters. The molecule has 1 aliphatic rings. The van der Waals surface area contributed by atoms with Gasteiger partial charge in [0, 0.05) is 30.8 Å². The van der Waals surface area contributed by atoms with Gasteiger partial charge in [0.05, 0.1) is 17.3 Å². The first-order valence-corrected chi connectivity index (χ1v) is 9.48. The third-order valence-electron chi connectivity index (χ3n) is 5.03. The van der Waals surface area contributed by atoms with Crippen molar-refractivity contribution in [2.45, 2.75) is 12.8 Å². The Bertz CT molecular complexity index is 1010. The standard InChI is InChI=1S/C22H20F2N4O/c23-17-8-9-19(18(24)11-17)27-22(29)16-7-4-10-28(13-16)21-12-20(25-14-26-21)15-5-2-1-3-6-15/h1-3,5-6,8-9,11-12,14,16H,4,7,10,13H2,(H,27,29). The van der Waals surface area contributed by atoms with Gasteiger partial charge < -0.3 is 10.2 Å². The highest BCUT2D eigenvalue weighted by Gasteiger charge is 2.27. The van der Waals surface area contributed by atoms with E-state index in [0.717, 1.165) is 42.2 Å². The summed E-state index contributed by atoms with van der Waals surface area (Å²) in [6, 6.07) is 14.8. The van der Waals surface area contributed by atoms with Gasteiger partial charge in [-0.3, -0.25) is 4.79 Å². The SMILES string of the molecule is O=C(Nc1ccc(F)cc1F)C1CCCN(c2cc(-c3ccccc3)ncn2)C1. The molecule has 1 aromatic heterocycles. The van der Waals surface area contributed by atoms with Gasteiger partial charge in [0.25, 0.3) is 0 Å². The summed E-state index contributed by atoms with van der Waals surface area (Å²) in [5.41, 5.74) is 1.80. The van der Waals surface area contributed by atoms with E-state index in [2.05, 4.69) is 15.3 Å². The highest BCUT2D eigenvalue weighted by Crippen LogP contribution is 2.26.